The van der Waals surface area contributed by atoms with Gasteiger partial charge in [0.2, 0.25) is 10.0 Å². The van der Waals surface area contributed by atoms with Gasteiger partial charge in [-0.1, -0.05) is 17.7 Å². The molecular formula is C20H22N4O4S. The fourth-order valence-electron chi connectivity index (χ4n) is 2.70. The molecule has 1 heterocycles. The molecule has 0 radical (unpaired) electrons. The number of aromatic nitrogens is 2. The topological polar surface area (TPSA) is 117 Å². The van der Waals surface area contributed by atoms with E-state index in [2.05, 4.69) is 14.8 Å². The van der Waals surface area contributed by atoms with E-state index in [4.69, 9.17) is 5.11 Å². The van der Waals surface area contributed by atoms with Crippen LogP contribution < -0.4 is 10.3 Å². The van der Waals surface area contributed by atoms with Crippen LogP contribution in [0.5, 0.6) is 0 Å². The predicted octanol–water partition coefficient (Wildman–Crippen LogP) is 1.80. The summed E-state index contributed by atoms with van der Waals surface area (Å²) < 4.78 is 27.8. The van der Waals surface area contributed by atoms with Crippen LogP contribution in [0.1, 0.15) is 16.8 Å². The van der Waals surface area contributed by atoms with Gasteiger partial charge >= 0.3 is 0 Å². The third kappa shape index (κ3) is 4.70. The quantitative estimate of drug-likeness (QED) is 0.511. The largest absolute Gasteiger partial charge is 0.395 e. The van der Waals surface area contributed by atoms with Crippen molar-refractivity contribution >= 4 is 21.9 Å². The van der Waals surface area contributed by atoms with Gasteiger partial charge in [-0.05, 0) is 50.2 Å². The van der Waals surface area contributed by atoms with Crippen molar-refractivity contribution in [1.29, 1.82) is 0 Å². The number of hydrogen-bond acceptors (Lipinski definition) is 5. The number of rotatable bonds is 7. The Bertz CT molecular complexity index is 1170. The standard InChI is InChI=1S/C20H22N4O4S/c1-14-3-7-17(8-4-14)24-20(26)19(15(2)23-24)13-21-16-5-9-18(10-6-16)29(27,28)22-11-12-25/h3-10,13,22-23,25H,11-12H2,1-2H3. The molecule has 152 valence electrons. The highest BCUT2D eigenvalue weighted by Gasteiger charge is 2.13. The van der Waals surface area contributed by atoms with Gasteiger partial charge < -0.3 is 5.11 Å². The Labute approximate surface area is 168 Å². The molecule has 0 atom stereocenters. The maximum atomic E-state index is 12.7. The lowest BCUT2D eigenvalue weighted by atomic mass is 10.2. The van der Waals surface area contributed by atoms with Crippen LogP contribution in [0.2, 0.25) is 0 Å². The lowest BCUT2D eigenvalue weighted by molar-refractivity contribution is 0.301. The van der Waals surface area contributed by atoms with Gasteiger partial charge in [-0.3, -0.25) is 14.9 Å². The molecule has 1 aromatic heterocycles. The van der Waals surface area contributed by atoms with Crippen molar-refractivity contribution in [1.82, 2.24) is 14.5 Å². The summed E-state index contributed by atoms with van der Waals surface area (Å²) in [6.45, 7) is 3.43. The summed E-state index contributed by atoms with van der Waals surface area (Å²) in [7, 11) is -3.67. The summed E-state index contributed by atoms with van der Waals surface area (Å²) in [5.41, 5.74) is 3.21. The molecule has 0 saturated heterocycles. The molecule has 0 aliphatic carbocycles. The van der Waals surface area contributed by atoms with Crippen molar-refractivity contribution < 1.29 is 13.5 Å². The van der Waals surface area contributed by atoms with Gasteiger partial charge in [0.1, 0.15) is 0 Å². The van der Waals surface area contributed by atoms with Crippen LogP contribution in [0.25, 0.3) is 5.69 Å². The minimum Gasteiger partial charge on any atom is -0.395 e. The molecule has 0 fully saturated rings. The number of aliphatic hydroxyl groups is 1. The average Bonchev–Trinajstić information content (AvgIpc) is 2.99. The van der Waals surface area contributed by atoms with Gasteiger partial charge in [0, 0.05) is 18.5 Å². The molecule has 9 heteroatoms. The zero-order valence-electron chi connectivity index (χ0n) is 16.1. The Morgan fingerprint density at radius 2 is 1.76 bits per heavy atom. The Kier molecular flexibility index (Phi) is 6.12. The molecule has 3 aromatic rings. The number of aryl methyl sites for hydroxylation is 2. The second-order valence-corrected chi connectivity index (χ2v) is 8.27. The Morgan fingerprint density at radius 3 is 2.38 bits per heavy atom. The van der Waals surface area contributed by atoms with Gasteiger partial charge in [0.25, 0.3) is 5.56 Å². The van der Waals surface area contributed by atoms with E-state index in [1.165, 1.54) is 23.0 Å². The molecule has 29 heavy (non-hydrogen) atoms. The minimum atomic E-state index is -3.67. The third-order valence-electron chi connectivity index (χ3n) is 4.30. The SMILES string of the molecule is Cc1ccc(-n2[nH]c(C)c(C=Nc3ccc(S(=O)(=O)NCCO)cc3)c2=O)cc1. The van der Waals surface area contributed by atoms with Crippen LogP contribution in [0.4, 0.5) is 5.69 Å². The molecule has 8 nitrogen and oxygen atoms in total. The van der Waals surface area contributed by atoms with Crippen molar-refractivity contribution in [3.63, 3.8) is 0 Å². The second-order valence-electron chi connectivity index (χ2n) is 6.50. The second kappa shape index (κ2) is 8.56. The van der Waals surface area contributed by atoms with E-state index in [-0.39, 0.29) is 23.6 Å². The Balaban J connectivity index is 1.83. The predicted molar refractivity (Wildman–Crippen MR) is 112 cm³/mol. The van der Waals surface area contributed by atoms with Crippen LogP contribution >= 0.6 is 0 Å². The summed E-state index contributed by atoms with van der Waals surface area (Å²) in [4.78, 5) is 17.1. The van der Waals surface area contributed by atoms with Crippen molar-refractivity contribution in [2.45, 2.75) is 18.7 Å². The number of nitrogens with zero attached hydrogens (tertiary/aromatic N) is 2. The van der Waals surface area contributed by atoms with E-state index in [9.17, 15) is 13.2 Å². The molecule has 0 aliphatic heterocycles. The molecule has 3 rings (SSSR count). The van der Waals surface area contributed by atoms with Crippen LogP contribution in [0, 0.1) is 13.8 Å². The van der Waals surface area contributed by atoms with E-state index >= 15 is 0 Å². The third-order valence-corrected chi connectivity index (χ3v) is 5.78. The fourth-order valence-corrected chi connectivity index (χ4v) is 3.72. The van der Waals surface area contributed by atoms with Crippen LogP contribution in [0.15, 0.2) is 63.2 Å². The summed E-state index contributed by atoms with van der Waals surface area (Å²) in [5, 5.41) is 11.8. The highest BCUT2D eigenvalue weighted by atomic mass is 32.2. The smallest absolute Gasteiger partial charge is 0.280 e. The summed E-state index contributed by atoms with van der Waals surface area (Å²) in [6, 6.07) is 13.5. The van der Waals surface area contributed by atoms with Crippen LogP contribution in [-0.2, 0) is 10.0 Å². The number of aliphatic hydroxyl groups excluding tert-OH is 1. The molecule has 3 N–H and O–H groups in total. The van der Waals surface area contributed by atoms with E-state index in [0.29, 0.717) is 16.9 Å². The number of aliphatic imine (C=N–C) groups is 1. The molecular weight excluding hydrogens is 392 g/mol. The number of benzene rings is 2. The van der Waals surface area contributed by atoms with Crippen molar-refractivity contribution in [2.75, 3.05) is 13.2 Å². The first-order valence-electron chi connectivity index (χ1n) is 8.95. The lowest BCUT2D eigenvalue weighted by Crippen LogP contribution is -2.26. The van der Waals surface area contributed by atoms with Crippen molar-refractivity contribution in [3.05, 3.63) is 75.7 Å². The highest BCUT2D eigenvalue weighted by Crippen LogP contribution is 2.16. The molecule has 0 saturated carbocycles. The van der Waals surface area contributed by atoms with Gasteiger partial charge in [-0.15, -0.1) is 0 Å². The molecule has 0 aliphatic rings. The van der Waals surface area contributed by atoms with E-state index in [1.54, 1.807) is 19.1 Å². The normalized spacial score (nSPS) is 12.0. The summed E-state index contributed by atoms with van der Waals surface area (Å²) in [6.07, 6.45) is 1.46. The van der Waals surface area contributed by atoms with Crippen LogP contribution in [-0.4, -0.2) is 42.7 Å². The molecule has 0 bridgehead atoms. The summed E-state index contributed by atoms with van der Waals surface area (Å²) >= 11 is 0. The Morgan fingerprint density at radius 1 is 1.10 bits per heavy atom. The number of aromatic amines is 1. The van der Waals surface area contributed by atoms with Crippen molar-refractivity contribution in [2.24, 2.45) is 4.99 Å². The van der Waals surface area contributed by atoms with Gasteiger partial charge in [0.05, 0.1) is 28.4 Å². The van der Waals surface area contributed by atoms with Crippen molar-refractivity contribution in [3.8, 4) is 5.69 Å². The number of nitrogens with one attached hydrogen (secondary N) is 2. The first-order valence-corrected chi connectivity index (χ1v) is 10.4. The first-order chi connectivity index (χ1) is 13.8. The molecule has 2 aromatic carbocycles. The van der Waals surface area contributed by atoms with E-state index in [1.807, 2.05) is 31.2 Å². The monoisotopic (exact) mass is 414 g/mol. The van der Waals surface area contributed by atoms with Gasteiger partial charge in [0.15, 0.2) is 0 Å². The maximum absolute atomic E-state index is 12.7. The molecule has 0 spiro atoms. The van der Waals surface area contributed by atoms with E-state index < -0.39 is 10.0 Å². The maximum Gasteiger partial charge on any atom is 0.280 e. The van der Waals surface area contributed by atoms with Crippen LogP contribution in [0.3, 0.4) is 0 Å². The fraction of sp³-hybridized carbons (Fsp3) is 0.200. The van der Waals surface area contributed by atoms with Gasteiger partial charge in [-0.25, -0.2) is 17.8 Å². The van der Waals surface area contributed by atoms with E-state index in [0.717, 1.165) is 11.3 Å². The number of hydrogen-bond donors (Lipinski definition) is 3. The molecule has 0 unspecified atom stereocenters. The zero-order valence-corrected chi connectivity index (χ0v) is 16.9. The number of H-pyrrole nitrogens is 1. The average molecular weight is 414 g/mol. The van der Waals surface area contributed by atoms with Gasteiger partial charge in [-0.2, -0.15) is 0 Å². The highest BCUT2D eigenvalue weighted by molar-refractivity contribution is 7.89. The summed E-state index contributed by atoms with van der Waals surface area (Å²) in [5.74, 6) is 0. The number of sulfonamides is 1. The molecule has 0 amide bonds. The Hall–Kier alpha value is -3.01. The minimum absolute atomic E-state index is 0.0533. The first kappa shape index (κ1) is 20.7. The lowest BCUT2D eigenvalue weighted by Gasteiger charge is -2.05. The zero-order chi connectivity index (χ0) is 21.0.